The van der Waals surface area contributed by atoms with Crippen molar-refractivity contribution in [2.75, 3.05) is 24.9 Å². The molecule has 0 unspecified atom stereocenters. The normalized spacial score (nSPS) is 10.8. The van der Waals surface area contributed by atoms with E-state index in [2.05, 4.69) is 10.6 Å². The van der Waals surface area contributed by atoms with Gasteiger partial charge in [-0.1, -0.05) is 0 Å². The van der Waals surface area contributed by atoms with Crippen LogP contribution >= 0.6 is 0 Å². The zero-order valence-corrected chi connectivity index (χ0v) is 15.2. The van der Waals surface area contributed by atoms with E-state index in [0.29, 0.717) is 17.2 Å². The molecule has 0 aliphatic heterocycles. The molecule has 0 bridgehead atoms. The molecule has 2 N–H and O–H groups in total. The first-order valence-electron chi connectivity index (χ1n) is 7.90. The molecule has 0 spiro atoms. The van der Waals surface area contributed by atoms with E-state index in [4.69, 9.17) is 14.2 Å². The highest BCUT2D eigenvalue weighted by atomic mass is 16.6. The van der Waals surface area contributed by atoms with Crippen molar-refractivity contribution in [1.29, 1.82) is 0 Å². The number of methoxy groups -OCH3 is 2. The minimum atomic E-state index is -0.529. The highest BCUT2D eigenvalue weighted by Gasteiger charge is 2.16. The average Bonchev–Trinajstić information content (AvgIpc) is 2.54. The average molecular weight is 344 g/mol. The molecule has 0 atom stereocenters. The summed E-state index contributed by atoms with van der Waals surface area (Å²) in [5.74, 6) is 1.32. The van der Waals surface area contributed by atoms with E-state index >= 15 is 0 Å². The maximum Gasteiger partial charge on any atom is 0.412 e. The SMILES string of the molecule is COc1ccc(Nc2ccc(NC(=O)OC(C)(C)C)cc2)cc1OC. The number of carbonyl (C=O) groups excluding carboxylic acids is 1. The Balaban J connectivity index is 2.02. The Morgan fingerprint density at radius 1 is 0.840 bits per heavy atom. The van der Waals surface area contributed by atoms with E-state index in [9.17, 15) is 4.79 Å². The summed E-state index contributed by atoms with van der Waals surface area (Å²) in [6, 6.07) is 12.9. The van der Waals surface area contributed by atoms with Gasteiger partial charge in [-0.25, -0.2) is 4.79 Å². The number of anilines is 3. The number of nitrogens with one attached hydrogen (secondary N) is 2. The molecule has 2 rings (SSSR count). The van der Waals surface area contributed by atoms with Crippen LogP contribution in [0.25, 0.3) is 0 Å². The summed E-state index contributed by atoms with van der Waals surface area (Å²) >= 11 is 0. The smallest absolute Gasteiger partial charge is 0.412 e. The lowest BCUT2D eigenvalue weighted by Crippen LogP contribution is -2.27. The number of hydrogen-bond donors (Lipinski definition) is 2. The van der Waals surface area contributed by atoms with Crippen molar-refractivity contribution in [2.45, 2.75) is 26.4 Å². The zero-order chi connectivity index (χ0) is 18.4. The molecule has 0 saturated carbocycles. The second kappa shape index (κ2) is 7.79. The highest BCUT2D eigenvalue weighted by Crippen LogP contribution is 2.31. The fraction of sp³-hybridized carbons (Fsp3) is 0.316. The minimum Gasteiger partial charge on any atom is -0.493 e. The summed E-state index contributed by atoms with van der Waals surface area (Å²) < 4.78 is 15.7. The van der Waals surface area contributed by atoms with Crippen LogP contribution in [-0.4, -0.2) is 25.9 Å². The molecule has 2 aromatic carbocycles. The van der Waals surface area contributed by atoms with Crippen molar-refractivity contribution in [2.24, 2.45) is 0 Å². The Morgan fingerprint density at radius 3 is 1.96 bits per heavy atom. The van der Waals surface area contributed by atoms with Crippen LogP contribution in [-0.2, 0) is 4.74 Å². The lowest BCUT2D eigenvalue weighted by molar-refractivity contribution is 0.0636. The van der Waals surface area contributed by atoms with Gasteiger partial charge in [-0.3, -0.25) is 5.32 Å². The van der Waals surface area contributed by atoms with Crippen molar-refractivity contribution in [3.05, 3.63) is 42.5 Å². The first-order chi connectivity index (χ1) is 11.8. The quantitative estimate of drug-likeness (QED) is 0.816. The van der Waals surface area contributed by atoms with Gasteiger partial charge in [0, 0.05) is 23.1 Å². The molecule has 0 aliphatic carbocycles. The van der Waals surface area contributed by atoms with E-state index in [0.717, 1.165) is 11.4 Å². The molecule has 134 valence electrons. The van der Waals surface area contributed by atoms with Crippen LogP contribution in [0.3, 0.4) is 0 Å². The van der Waals surface area contributed by atoms with Crippen molar-refractivity contribution < 1.29 is 19.0 Å². The standard InChI is InChI=1S/C19H24N2O4/c1-19(2,3)25-18(22)21-14-8-6-13(7-9-14)20-15-10-11-16(23-4)17(12-15)24-5/h6-12,20H,1-5H3,(H,21,22). The number of carbonyl (C=O) groups is 1. The molecule has 0 heterocycles. The minimum absolute atomic E-state index is 0.479. The van der Waals surface area contributed by atoms with Crippen molar-refractivity contribution in [3.63, 3.8) is 0 Å². The van der Waals surface area contributed by atoms with Crippen molar-refractivity contribution in [1.82, 2.24) is 0 Å². The summed E-state index contributed by atoms with van der Waals surface area (Å²) in [6.07, 6.45) is -0.479. The molecule has 0 fully saturated rings. The number of hydrogen-bond acceptors (Lipinski definition) is 5. The summed E-state index contributed by atoms with van der Waals surface area (Å²) in [7, 11) is 3.19. The van der Waals surface area contributed by atoms with E-state index in [1.165, 1.54) is 0 Å². The van der Waals surface area contributed by atoms with Crippen molar-refractivity contribution >= 4 is 23.2 Å². The first kappa shape index (κ1) is 18.4. The van der Waals surface area contributed by atoms with Gasteiger partial charge in [-0.2, -0.15) is 0 Å². The summed E-state index contributed by atoms with van der Waals surface area (Å²) in [6.45, 7) is 5.47. The highest BCUT2D eigenvalue weighted by molar-refractivity contribution is 5.85. The number of amides is 1. The molecule has 6 heteroatoms. The predicted octanol–water partition coefficient (Wildman–Crippen LogP) is 4.79. The second-order valence-corrected chi connectivity index (χ2v) is 6.40. The third kappa shape index (κ3) is 5.60. The van der Waals surface area contributed by atoms with Gasteiger partial charge in [0.05, 0.1) is 14.2 Å². The fourth-order valence-corrected chi connectivity index (χ4v) is 2.14. The number of benzene rings is 2. The summed E-state index contributed by atoms with van der Waals surface area (Å²) in [4.78, 5) is 11.8. The van der Waals surface area contributed by atoms with Gasteiger partial charge >= 0.3 is 6.09 Å². The summed E-state index contributed by atoms with van der Waals surface area (Å²) in [5, 5.41) is 5.97. The monoisotopic (exact) mass is 344 g/mol. The summed E-state index contributed by atoms with van der Waals surface area (Å²) in [5.41, 5.74) is 1.87. The van der Waals surface area contributed by atoms with Crippen LogP contribution in [0.4, 0.5) is 21.9 Å². The van der Waals surface area contributed by atoms with E-state index in [-0.39, 0.29) is 0 Å². The molecule has 0 radical (unpaired) electrons. The third-order valence-corrected chi connectivity index (χ3v) is 3.20. The lowest BCUT2D eigenvalue weighted by Gasteiger charge is -2.19. The van der Waals surface area contributed by atoms with E-state index in [1.807, 2.05) is 51.1 Å². The molecule has 2 aromatic rings. The molecule has 6 nitrogen and oxygen atoms in total. The molecule has 0 aliphatic rings. The lowest BCUT2D eigenvalue weighted by atomic mass is 10.2. The van der Waals surface area contributed by atoms with E-state index < -0.39 is 11.7 Å². The Labute approximate surface area is 148 Å². The maximum absolute atomic E-state index is 11.8. The Kier molecular flexibility index (Phi) is 5.75. The van der Waals surface area contributed by atoms with Gasteiger partial charge in [0.25, 0.3) is 0 Å². The molecule has 0 saturated heterocycles. The van der Waals surface area contributed by atoms with Gasteiger partial charge in [0.2, 0.25) is 0 Å². The third-order valence-electron chi connectivity index (χ3n) is 3.20. The van der Waals surface area contributed by atoms with Gasteiger partial charge < -0.3 is 19.5 Å². The predicted molar refractivity (Wildman–Crippen MR) is 99.1 cm³/mol. The zero-order valence-electron chi connectivity index (χ0n) is 15.2. The van der Waals surface area contributed by atoms with Gasteiger partial charge in [0.15, 0.2) is 11.5 Å². The number of ether oxygens (including phenoxy) is 3. The molecule has 1 amide bonds. The number of rotatable bonds is 5. The second-order valence-electron chi connectivity index (χ2n) is 6.40. The van der Waals surface area contributed by atoms with Crippen LogP contribution in [0, 0.1) is 0 Å². The van der Waals surface area contributed by atoms with Gasteiger partial charge in [0.1, 0.15) is 5.60 Å². The molecular formula is C19H24N2O4. The van der Waals surface area contributed by atoms with Crippen LogP contribution in [0.5, 0.6) is 11.5 Å². The molecular weight excluding hydrogens is 320 g/mol. The van der Waals surface area contributed by atoms with Gasteiger partial charge in [-0.05, 0) is 57.2 Å². The Hall–Kier alpha value is -2.89. The molecule has 0 aromatic heterocycles. The van der Waals surface area contributed by atoms with Crippen LogP contribution < -0.4 is 20.1 Å². The van der Waals surface area contributed by atoms with Crippen LogP contribution in [0.1, 0.15) is 20.8 Å². The van der Waals surface area contributed by atoms with Crippen molar-refractivity contribution in [3.8, 4) is 11.5 Å². The Bertz CT molecular complexity index is 721. The maximum atomic E-state index is 11.8. The molecule has 25 heavy (non-hydrogen) atoms. The van der Waals surface area contributed by atoms with Crippen LogP contribution in [0.15, 0.2) is 42.5 Å². The van der Waals surface area contributed by atoms with E-state index in [1.54, 1.807) is 26.4 Å². The largest absolute Gasteiger partial charge is 0.493 e. The first-order valence-corrected chi connectivity index (χ1v) is 7.90. The fourth-order valence-electron chi connectivity index (χ4n) is 2.14. The van der Waals surface area contributed by atoms with Crippen LogP contribution in [0.2, 0.25) is 0 Å². The Morgan fingerprint density at radius 2 is 1.40 bits per heavy atom. The topological polar surface area (TPSA) is 68.8 Å². The van der Waals surface area contributed by atoms with Gasteiger partial charge in [-0.15, -0.1) is 0 Å².